The zero-order valence-corrected chi connectivity index (χ0v) is 22.4. The van der Waals surface area contributed by atoms with Crippen LogP contribution in [0.4, 0.5) is 14.9 Å². The SMILES string of the molecule is Cc1ccc(C(=O)C2C(c3cccs3)N(C(=O)Nc3ccc(F)cc3)C(C)(C(=O)O)C2c2sccc2C)o1. The number of amides is 2. The number of benzene rings is 1. The highest BCUT2D eigenvalue weighted by Gasteiger charge is 2.66. The van der Waals surface area contributed by atoms with E-state index in [2.05, 4.69) is 5.32 Å². The molecule has 0 aliphatic carbocycles. The number of halogens is 1. The first-order chi connectivity index (χ1) is 18.1. The Bertz CT molecular complexity index is 1490. The molecule has 1 aromatic carbocycles. The molecule has 7 nitrogen and oxygen atoms in total. The van der Waals surface area contributed by atoms with Gasteiger partial charge >= 0.3 is 12.0 Å². The minimum atomic E-state index is -1.81. The number of carbonyl (C=O) groups excluding carboxylic acids is 2. The van der Waals surface area contributed by atoms with Crippen LogP contribution < -0.4 is 5.32 Å². The summed E-state index contributed by atoms with van der Waals surface area (Å²) < 4.78 is 19.2. The van der Waals surface area contributed by atoms with Crippen LogP contribution in [0.25, 0.3) is 0 Å². The van der Waals surface area contributed by atoms with Gasteiger partial charge in [-0.25, -0.2) is 14.0 Å². The summed E-state index contributed by atoms with van der Waals surface area (Å²) >= 11 is 2.71. The number of carboxylic acid groups (broad SMARTS) is 1. The Morgan fingerprint density at radius 2 is 1.76 bits per heavy atom. The van der Waals surface area contributed by atoms with Crippen molar-refractivity contribution in [2.45, 2.75) is 38.3 Å². The summed E-state index contributed by atoms with van der Waals surface area (Å²) in [7, 11) is 0. The molecule has 5 rings (SSSR count). The van der Waals surface area contributed by atoms with Crippen LogP contribution in [0.2, 0.25) is 0 Å². The number of anilines is 1. The molecule has 2 N–H and O–H groups in total. The third-order valence-corrected chi connectivity index (χ3v) is 9.18. The van der Waals surface area contributed by atoms with Gasteiger partial charge in [-0.3, -0.25) is 9.69 Å². The Labute approximate surface area is 226 Å². The number of urea groups is 1. The fourth-order valence-electron chi connectivity index (χ4n) is 5.33. The van der Waals surface area contributed by atoms with Gasteiger partial charge in [-0.15, -0.1) is 22.7 Å². The maximum Gasteiger partial charge on any atom is 0.330 e. The maximum atomic E-state index is 14.2. The number of Topliss-reactive ketones (excluding diaryl/α,β-unsaturated/α-hetero) is 1. The number of carbonyl (C=O) groups is 3. The van der Waals surface area contributed by atoms with E-state index >= 15 is 0 Å². The molecule has 4 aromatic rings. The van der Waals surface area contributed by atoms with E-state index in [9.17, 15) is 23.9 Å². The van der Waals surface area contributed by atoms with Crippen molar-refractivity contribution in [3.8, 4) is 0 Å². The number of thiophene rings is 2. The van der Waals surface area contributed by atoms with Crippen LogP contribution in [0.15, 0.2) is 69.8 Å². The fraction of sp³-hybridized carbons (Fsp3) is 0.250. The van der Waals surface area contributed by atoms with Crippen molar-refractivity contribution in [1.82, 2.24) is 4.90 Å². The lowest BCUT2D eigenvalue weighted by Crippen LogP contribution is -2.55. The van der Waals surface area contributed by atoms with Gasteiger partial charge in [0.1, 0.15) is 17.1 Å². The zero-order chi connectivity index (χ0) is 27.2. The monoisotopic (exact) mass is 552 g/mol. The number of ketones is 1. The van der Waals surface area contributed by atoms with Crippen LogP contribution in [0.5, 0.6) is 0 Å². The molecule has 1 fully saturated rings. The molecule has 2 amide bonds. The molecule has 196 valence electrons. The van der Waals surface area contributed by atoms with Gasteiger partial charge in [0, 0.05) is 21.4 Å². The quantitative estimate of drug-likeness (QED) is 0.254. The Morgan fingerprint density at radius 1 is 1.03 bits per heavy atom. The van der Waals surface area contributed by atoms with Gasteiger partial charge in [-0.05, 0) is 85.6 Å². The topological polar surface area (TPSA) is 99.9 Å². The highest BCUT2D eigenvalue weighted by molar-refractivity contribution is 7.10. The molecule has 10 heteroatoms. The first kappa shape index (κ1) is 25.9. The van der Waals surface area contributed by atoms with Crippen LogP contribution in [0.1, 0.15) is 50.5 Å². The Morgan fingerprint density at radius 3 is 2.32 bits per heavy atom. The molecule has 4 heterocycles. The summed E-state index contributed by atoms with van der Waals surface area (Å²) in [5.41, 5.74) is -0.669. The first-order valence-electron chi connectivity index (χ1n) is 11.9. The number of carboxylic acids is 1. The molecule has 4 atom stereocenters. The number of nitrogens with zero attached hydrogens (tertiary/aromatic N) is 1. The van der Waals surface area contributed by atoms with E-state index in [0.717, 1.165) is 10.4 Å². The summed E-state index contributed by atoms with van der Waals surface area (Å²) in [6.45, 7) is 5.09. The minimum Gasteiger partial charge on any atom is -0.479 e. The summed E-state index contributed by atoms with van der Waals surface area (Å²) in [6.07, 6.45) is 0. The molecule has 0 saturated carbocycles. The van der Waals surface area contributed by atoms with E-state index in [4.69, 9.17) is 4.42 Å². The number of hydrogen-bond donors (Lipinski definition) is 2. The van der Waals surface area contributed by atoms with Gasteiger partial charge in [-0.2, -0.15) is 0 Å². The van der Waals surface area contributed by atoms with Crippen LogP contribution in [-0.4, -0.2) is 33.3 Å². The van der Waals surface area contributed by atoms with Crippen molar-refractivity contribution >= 4 is 46.1 Å². The Hall–Kier alpha value is -3.76. The number of nitrogens with one attached hydrogen (secondary N) is 1. The Kier molecular flexibility index (Phi) is 6.70. The van der Waals surface area contributed by atoms with Crippen LogP contribution in [0, 0.1) is 25.6 Å². The van der Waals surface area contributed by atoms with Gasteiger partial charge in [0.2, 0.25) is 5.78 Å². The lowest BCUT2D eigenvalue weighted by Gasteiger charge is -2.37. The summed E-state index contributed by atoms with van der Waals surface area (Å²) in [6, 6.07) is 12.3. The van der Waals surface area contributed by atoms with Crippen molar-refractivity contribution in [3.63, 3.8) is 0 Å². The second-order valence-electron chi connectivity index (χ2n) is 9.47. The van der Waals surface area contributed by atoms with E-state index in [0.29, 0.717) is 16.3 Å². The van der Waals surface area contributed by atoms with E-state index in [-0.39, 0.29) is 11.5 Å². The first-order valence-corrected chi connectivity index (χ1v) is 13.7. The lowest BCUT2D eigenvalue weighted by atomic mass is 9.75. The normalized spacial score (nSPS) is 22.9. The van der Waals surface area contributed by atoms with Gasteiger partial charge in [0.05, 0.1) is 12.0 Å². The van der Waals surface area contributed by atoms with Crippen molar-refractivity contribution in [1.29, 1.82) is 0 Å². The number of hydrogen-bond acceptors (Lipinski definition) is 6. The summed E-state index contributed by atoms with van der Waals surface area (Å²) in [4.78, 5) is 44.0. The highest BCUT2D eigenvalue weighted by atomic mass is 32.1. The average Bonchev–Trinajstić information content (AvgIpc) is 3.67. The van der Waals surface area contributed by atoms with Crippen molar-refractivity contribution in [3.05, 3.63) is 98.0 Å². The molecule has 0 radical (unpaired) electrons. The Balaban J connectivity index is 1.73. The molecule has 0 bridgehead atoms. The van der Waals surface area contributed by atoms with Crippen molar-refractivity contribution < 1.29 is 28.3 Å². The number of rotatable bonds is 6. The molecule has 1 aliphatic rings. The summed E-state index contributed by atoms with van der Waals surface area (Å²) in [5.74, 6) is -3.24. The fourth-order valence-corrected chi connectivity index (χ4v) is 7.39. The van der Waals surface area contributed by atoms with Crippen LogP contribution in [0.3, 0.4) is 0 Å². The standard InChI is InChI=1S/C28H25FN2O5S2/c1-15-12-14-38-25(15)22-21(24(32)19-11-6-16(2)36-19)23(20-5-4-13-37-20)31(28(22,3)26(33)34)27(35)30-18-9-7-17(29)8-10-18/h4-14,21-23H,1-3H3,(H,30,35)(H,33,34). The van der Waals surface area contributed by atoms with Gasteiger partial charge < -0.3 is 14.8 Å². The largest absolute Gasteiger partial charge is 0.479 e. The number of aryl methyl sites for hydroxylation is 2. The minimum absolute atomic E-state index is 0.113. The molecule has 3 aromatic heterocycles. The van der Waals surface area contributed by atoms with Crippen molar-refractivity contribution in [2.24, 2.45) is 5.92 Å². The summed E-state index contributed by atoms with van der Waals surface area (Å²) in [5, 5.41) is 17.2. The maximum absolute atomic E-state index is 14.2. The molecule has 1 saturated heterocycles. The lowest BCUT2D eigenvalue weighted by molar-refractivity contribution is -0.148. The van der Waals surface area contributed by atoms with Gasteiger partial charge in [0.25, 0.3) is 0 Å². The second-order valence-corrected chi connectivity index (χ2v) is 11.4. The molecule has 4 unspecified atom stereocenters. The number of aliphatic carboxylic acids is 1. The van der Waals surface area contributed by atoms with Crippen molar-refractivity contribution in [2.75, 3.05) is 5.32 Å². The second kappa shape index (κ2) is 9.85. The highest BCUT2D eigenvalue weighted by Crippen LogP contribution is 2.58. The smallest absolute Gasteiger partial charge is 0.330 e. The van der Waals surface area contributed by atoms with Gasteiger partial charge in [0.15, 0.2) is 5.76 Å². The average molecular weight is 553 g/mol. The molecule has 0 spiro atoms. The van der Waals surface area contributed by atoms with E-state index in [1.54, 1.807) is 31.2 Å². The number of likely N-dealkylation sites (tertiary alicyclic amines) is 1. The molecular formula is C28H25FN2O5S2. The van der Waals surface area contributed by atoms with Crippen LogP contribution >= 0.6 is 22.7 Å². The third kappa shape index (κ3) is 4.23. The predicted octanol–water partition coefficient (Wildman–Crippen LogP) is 6.87. The zero-order valence-electron chi connectivity index (χ0n) is 20.8. The van der Waals surface area contributed by atoms with Gasteiger partial charge in [-0.1, -0.05) is 6.07 Å². The van der Waals surface area contributed by atoms with E-state index < -0.39 is 41.2 Å². The third-order valence-electron chi connectivity index (χ3n) is 7.14. The van der Waals surface area contributed by atoms with E-state index in [1.807, 2.05) is 23.8 Å². The molecule has 38 heavy (non-hydrogen) atoms. The molecule has 1 aliphatic heterocycles. The van der Waals surface area contributed by atoms with Crippen LogP contribution in [-0.2, 0) is 4.79 Å². The predicted molar refractivity (Wildman–Crippen MR) is 143 cm³/mol. The number of furan rings is 1. The molecular weight excluding hydrogens is 527 g/mol. The van der Waals surface area contributed by atoms with E-state index in [1.165, 1.54) is 58.8 Å².